The molecule has 0 amide bonds. The van der Waals surface area contributed by atoms with Gasteiger partial charge in [-0.05, 0) is 144 Å². The fraction of sp³-hybridized carbons (Fsp3) is 0.865. The average Bonchev–Trinajstić information content (AvgIpc) is 2.93. The van der Waals surface area contributed by atoms with E-state index in [1.54, 1.807) is 0 Å². The molecule has 0 aliphatic heterocycles. The van der Waals surface area contributed by atoms with Gasteiger partial charge in [-0.25, -0.2) is 0 Å². The SMILES string of the molecule is c1ncc(N(C2CCCCC2)C23CC4CC(CC(C4)C2)C3)cc1N(C1CCCCC1)C12CC3CC(CC(C3)C1)C2. The molecule has 0 atom stereocenters. The predicted octanol–water partition coefficient (Wildman–Crippen LogP) is 9.30. The molecule has 3 nitrogen and oxygen atoms in total. The Labute approximate surface area is 244 Å². The fourth-order valence-corrected chi connectivity index (χ4v) is 13.8. The first-order chi connectivity index (χ1) is 19.6. The van der Waals surface area contributed by atoms with Crippen LogP contribution in [0, 0.1) is 35.5 Å². The van der Waals surface area contributed by atoms with E-state index in [-0.39, 0.29) is 0 Å². The van der Waals surface area contributed by atoms with Crippen molar-refractivity contribution in [1.29, 1.82) is 0 Å². The molecule has 10 fully saturated rings. The van der Waals surface area contributed by atoms with Gasteiger partial charge in [-0.2, -0.15) is 0 Å². The summed E-state index contributed by atoms with van der Waals surface area (Å²) in [5.41, 5.74) is 3.90. The van der Waals surface area contributed by atoms with Crippen LogP contribution < -0.4 is 9.80 Å². The lowest BCUT2D eigenvalue weighted by atomic mass is 9.52. The summed E-state index contributed by atoms with van der Waals surface area (Å²) in [6, 6.07) is 4.21. The van der Waals surface area contributed by atoms with Gasteiger partial charge < -0.3 is 9.80 Å². The van der Waals surface area contributed by atoms with E-state index in [9.17, 15) is 0 Å². The number of rotatable bonds is 6. The monoisotopic (exact) mass is 541 g/mol. The molecule has 10 aliphatic carbocycles. The Bertz CT molecular complexity index is 929. The van der Waals surface area contributed by atoms with E-state index in [0.29, 0.717) is 11.1 Å². The molecule has 3 heteroatoms. The van der Waals surface area contributed by atoms with Crippen molar-refractivity contribution in [3.05, 3.63) is 18.5 Å². The maximum atomic E-state index is 5.19. The number of aromatic nitrogens is 1. The van der Waals surface area contributed by atoms with Crippen LogP contribution in [0.1, 0.15) is 141 Å². The van der Waals surface area contributed by atoms with Crippen LogP contribution in [0.15, 0.2) is 18.5 Å². The molecule has 1 heterocycles. The number of anilines is 2. The first-order valence-electron chi connectivity index (χ1n) is 18.2. The van der Waals surface area contributed by atoms with E-state index >= 15 is 0 Å². The smallest absolute Gasteiger partial charge is 0.0580 e. The predicted molar refractivity (Wildman–Crippen MR) is 165 cm³/mol. The zero-order valence-electron chi connectivity index (χ0n) is 25.2. The Morgan fingerprint density at radius 3 is 1.12 bits per heavy atom. The van der Waals surface area contributed by atoms with Gasteiger partial charge in [-0.15, -0.1) is 0 Å². The molecule has 0 aromatic carbocycles. The van der Waals surface area contributed by atoms with Gasteiger partial charge in [0, 0.05) is 23.2 Å². The van der Waals surface area contributed by atoms with Crippen molar-refractivity contribution in [3.8, 4) is 0 Å². The molecule has 40 heavy (non-hydrogen) atoms. The van der Waals surface area contributed by atoms with Crippen molar-refractivity contribution < 1.29 is 0 Å². The number of pyridine rings is 1. The van der Waals surface area contributed by atoms with Crippen LogP contribution in [0.3, 0.4) is 0 Å². The molecule has 11 rings (SSSR count). The molecule has 0 radical (unpaired) electrons. The van der Waals surface area contributed by atoms with Gasteiger partial charge in [-0.1, -0.05) is 38.5 Å². The quantitative estimate of drug-likeness (QED) is 0.358. The van der Waals surface area contributed by atoms with Gasteiger partial charge in [0.2, 0.25) is 0 Å². The largest absolute Gasteiger partial charge is 0.362 e. The highest BCUT2D eigenvalue weighted by atomic mass is 15.3. The second-order valence-corrected chi connectivity index (χ2v) is 17.0. The van der Waals surface area contributed by atoms with Gasteiger partial charge in [0.25, 0.3) is 0 Å². The van der Waals surface area contributed by atoms with Crippen molar-refractivity contribution in [3.63, 3.8) is 0 Å². The van der Waals surface area contributed by atoms with Gasteiger partial charge in [-0.3, -0.25) is 4.98 Å². The van der Waals surface area contributed by atoms with Crippen LogP contribution in [0.5, 0.6) is 0 Å². The molecular formula is C37H55N3. The summed E-state index contributed by atoms with van der Waals surface area (Å²) in [6.07, 6.45) is 37.0. The topological polar surface area (TPSA) is 19.4 Å². The van der Waals surface area contributed by atoms with Crippen LogP contribution in [0.25, 0.3) is 0 Å². The Morgan fingerprint density at radius 1 is 0.475 bits per heavy atom. The number of nitrogens with zero attached hydrogens (tertiary/aromatic N) is 3. The maximum absolute atomic E-state index is 5.19. The third kappa shape index (κ3) is 4.12. The van der Waals surface area contributed by atoms with E-state index in [2.05, 4.69) is 28.3 Å². The standard InChI is InChI=1S/C37H55N3/c1-3-7-32(8-4-1)39(36-18-26-11-27(19-36)13-28(12-26)20-36)34-17-35(25-38-24-34)40(33-9-5-2-6-10-33)37-21-29-14-30(22-37)16-31(15-29)23-37/h17,24-33H,1-16,18-23H2. The second kappa shape index (κ2) is 9.63. The van der Waals surface area contributed by atoms with E-state index < -0.39 is 0 Å². The van der Waals surface area contributed by atoms with Crippen LogP contribution in [0.2, 0.25) is 0 Å². The second-order valence-electron chi connectivity index (χ2n) is 17.0. The summed E-state index contributed by atoms with van der Waals surface area (Å²) in [4.78, 5) is 11.4. The van der Waals surface area contributed by atoms with Gasteiger partial charge >= 0.3 is 0 Å². The summed E-state index contributed by atoms with van der Waals surface area (Å²) >= 11 is 0. The first kappa shape index (κ1) is 25.3. The lowest BCUT2D eigenvalue weighted by Crippen LogP contribution is -2.64. The minimum Gasteiger partial charge on any atom is -0.362 e. The summed E-state index contributed by atoms with van der Waals surface area (Å²) in [5.74, 6) is 6.00. The fourth-order valence-electron chi connectivity index (χ4n) is 13.8. The van der Waals surface area contributed by atoms with Crippen LogP contribution in [-0.4, -0.2) is 28.1 Å². The highest BCUT2D eigenvalue weighted by Crippen LogP contribution is 2.61. The molecule has 10 saturated carbocycles. The maximum Gasteiger partial charge on any atom is 0.0580 e. The number of hydrogen-bond acceptors (Lipinski definition) is 3. The molecule has 1 aromatic heterocycles. The van der Waals surface area contributed by atoms with Crippen LogP contribution >= 0.6 is 0 Å². The van der Waals surface area contributed by atoms with Crippen molar-refractivity contribution in [2.45, 2.75) is 164 Å². The van der Waals surface area contributed by atoms with Crippen LogP contribution in [0.4, 0.5) is 11.4 Å². The normalized spacial score (nSPS) is 44.3. The molecule has 1 aromatic rings. The molecule has 8 bridgehead atoms. The molecule has 0 N–H and O–H groups in total. The average molecular weight is 542 g/mol. The minimum absolute atomic E-state index is 0.424. The summed E-state index contributed by atoms with van der Waals surface area (Å²) in [5, 5.41) is 0. The van der Waals surface area contributed by atoms with Crippen molar-refractivity contribution in [2.24, 2.45) is 35.5 Å². The number of hydrogen-bond donors (Lipinski definition) is 0. The minimum atomic E-state index is 0.424. The van der Waals surface area contributed by atoms with E-state index in [1.807, 2.05) is 0 Å². The molecule has 0 saturated heterocycles. The third-order valence-corrected chi connectivity index (χ3v) is 14.2. The first-order valence-corrected chi connectivity index (χ1v) is 18.2. The highest BCUT2D eigenvalue weighted by molar-refractivity contribution is 5.61. The van der Waals surface area contributed by atoms with Gasteiger partial charge in [0.05, 0.1) is 23.8 Å². The summed E-state index contributed by atoms with van der Waals surface area (Å²) < 4.78 is 0. The van der Waals surface area contributed by atoms with Crippen molar-refractivity contribution in [1.82, 2.24) is 4.98 Å². The lowest BCUT2D eigenvalue weighted by molar-refractivity contribution is -0.0100. The van der Waals surface area contributed by atoms with E-state index in [1.165, 1.54) is 153 Å². The Kier molecular flexibility index (Phi) is 6.08. The Balaban J connectivity index is 1.12. The van der Waals surface area contributed by atoms with E-state index in [4.69, 9.17) is 4.98 Å². The third-order valence-electron chi connectivity index (χ3n) is 14.2. The molecule has 10 aliphatic rings. The van der Waals surface area contributed by atoms with E-state index in [0.717, 1.165) is 47.6 Å². The zero-order valence-corrected chi connectivity index (χ0v) is 25.2. The summed E-state index contributed by atoms with van der Waals surface area (Å²) in [6.45, 7) is 0. The lowest BCUT2D eigenvalue weighted by Gasteiger charge is -2.63. The molecule has 0 spiro atoms. The zero-order chi connectivity index (χ0) is 26.3. The van der Waals surface area contributed by atoms with Crippen molar-refractivity contribution in [2.75, 3.05) is 9.80 Å². The Morgan fingerprint density at radius 2 is 0.800 bits per heavy atom. The highest BCUT2D eigenvalue weighted by Gasteiger charge is 2.57. The molecule has 218 valence electrons. The molecule has 0 unspecified atom stereocenters. The Hall–Kier alpha value is -1.25. The van der Waals surface area contributed by atoms with Crippen molar-refractivity contribution >= 4 is 11.4 Å². The van der Waals surface area contributed by atoms with Gasteiger partial charge in [0.1, 0.15) is 0 Å². The van der Waals surface area contributed by atoms with Gasteiger partial charge in [0.15, 0.2) is 0 Å². The molecular weight excluding hydrogens is 486 g/mol. The summed E-state index contributed by atoms with van der Waals surface area (Å²) in [7, 11) is 0. The van der Waals surface area contributed by atoms with Crippen LogP contribution in [-0.2, 0) is 0 Å².